The van der Waals surface area contributed by atoms with Gasteiger partial charge in [-0.15, -0.1) is 5.10 Å². The molecule has 1 aliphatic rings. The third-order valence-electron chi connectivity index (χ3n) is 9.68. The lowest BCUT2D eigenvalue weighted by atomic mass is 9.69. The second-order valence-corrected chi connectivity index (χ2v) is 15.2. The summed E-state index contributed by atoms with van der Waals surface area (Å²) in [6.45, 7) is 12.4. The van der Waals surface area contributed by atoms with E-state index < -0.39 is 21.4 Å². The molecule has 262 valence electrons. The highest BCUT2D eigenvalue weighted by Gasteiger charge is 2.41. The number of amides is 1. The molecule has 2 N–H and O–H groups in total. The van der Waals surface area contributed by atoms with E-state index in [0.717, 1.165) is 38.9 Å². The summed E-state index contributed by atoms with van der Waals surface area (Å²) in [4.78, 5) is 22.6. The quantitative estimate of drug-likeness (QED) is 0.192. The topological polar surface area (TPSA) is 152 Å². The Balaban J connectivity index is 1.45. The van der Waals surface area contributed by atoms with Crippen LogP contribution < -0.4 is 10.1 Å². The van der Waals surface area contributed by atoms with Crippen molar-refractivity contribution in [1.82, 2.24) is 29.3 Å². The predicted molar refractivity (Wildman–Crippen MR) is 190 cm³/mol. The van der Waals surface area contributed by atoms with Crippen LogP contribution in [-0.2, 0) is 34.5 Å². The smallest absolute Gasteiger partial charge is 0.247 e. The number of aryl methyl sites for hydroxylation is 3. The Morgan fingerprint density at radius 3 is 2.52 bits per heavy atom. The fraction of sp³-hybridized carbons (Fsp3) is 0.378. The molecule has 0 spiro atoms. The van der Waals surface area contributed by atoms with Crippen LogP contribution in [0, 0.1) is 19.3 Å². The van der Waals surface area contributed by atoms with Crippen LogP contribution in [0.5, 0.6) is 5.75 Å². The molecule has 50 heavy (non-hydrogen) atoms. The number of carbonyl (C=O) groups is 1. The predicted octanol–water partition coefficient (Wildman–Crippen LogP) is 5.51. The zero-order chi connectivity index (χ0) is 35.8. The summed E-state index contributed by atoms with van der Waals surface area (Å²) >= 11 is 0. The Labute approximate surface area is 292 Å². The number of fused-ring (bicyclic) bond motifs is 2. The van der Waals surface area contributed by atoms with Gasteiger partial charge < -0.3 is 15.2 Å². The number of anilines is 1. The van der Waals surface area contributed by atoms with E-state index in [9.17, 15) is 18.3 Å². The molecule has 5 aromatic rings. The SMILES string of the molecule is CC[C@@H]1CN(Cc2cc(C(c3ccc4c(nnn4CC)c3C)C(C)(C)C(=O)Nc3cnc(CO)nc3)ccc2C)S(=O)(=O)c2ccccc2O1. The number of sulfonamides is 1. The summed E-state index contributed by atoms with van der Waals surface area (Å²) in [6, 6.07) is 16.8. The normalized spacial score (nSPS) is 16.7. The van der Waals surface area contributed by atoms with Crippen molar-refractivity contribution in [3.8, 4) is 5.75 Å². The van der Waals surface area contributed by atoms with Crippen molar-refractivity contribution in [2.24, 2.45) is 5.41 Å². The molecule has 1 amide bonds. The molecule has 0 aliphatic carbocycles. The van der Waals surface area contributed by atoms with E-state index in [2.05, 4.69) is 25.6 Å². The zero-order valence-electron chi connectivity index (χ0n) is 29.2. The summed E-state index contributed by atoms with van der Waals surface area (Å²) < 4.78 is 37.6. The van der Waals surface area contributed by atoms with Crippen LogP contribution in [0.4, 0.5) is 5.69 Å². The highest BCUT2D eigenvalue weighted by molar-refractivity contribution is 7.89. The second-order valence-electron chi connectivity index (χ2n) is 13.3. The Kier molecular flexibility index (Phi) is 9.75. The molecular formula is C37H43N7O5S. The molecule has 2 aromatic heterocycles. The molecule has 0 saturated carbocycles. The Bertz CT molecular complexity index is 2150. The number of hydrogen-bond donors (Lipinski definition) is 2. The molecule has 2 atom stereocenters. The van der Waals surface area contributed by atoms with E-state index in [-0.39, 0.29) is 42.4 Å². The number of nitrogens with one attached hydrogen (secondary N) is 1. The number of para-hydroxylation sites is 1. The molecule has 0 fully saturated rings. The molecule has 0 saturated heterocycles. The van der Waals surface area contributed by atoms with Gasteiger partial charge in [-0.1, -0.05) is 62.4 Å². The first kappa shape index (κ1) is 35.1. The summed E-state index contributed by atoms with van der Waals surface area (Å²) in [5.74, 6) is -0.134. The molecule has 12 nitrogen and oxygen atoms in total. The van der Waals surface area contributed by atoms with Gasteiger partial charge in [-0.2, -0.15) is 4.31 Å². The second kappa shape index (κ2) is 13.9. The standard InChI is InChI=1S/C37H43N7O5S/c1-7-28-21-43(50(47,48)32-12-10-9-11-31(32)49-28)20-26-17-25(14-13-23(26)3)34(29-15-16-30-35(24(29)4)41-42-44(30)8-2)37(5,6)36(46)40-27-18-38-33(22-45)39-19-27/h9-19,28,34,45H,7-8,20-22H2,1-6H3,(H,40,46)/t28-,34?/m1/s1. The van der Waals surface area contributed by atoms with E-state index in [1.165, 1.54) is 16.7 Å². The van der Waals surface area contributed by atoms with Gasteiger partial charge in [-0.3, -0.25) is 4.79 Å². The number of aliphatic hydroxyl groups excluding tert-OH is 1. The summed E-state index contributed by atoms with van der Waals surface area (Å²) in [5.41, 5.74) is 5.42. The van der Waals surface area contributed by atoms with Gasteiger partial charge in [0, 0.05) is 19.0 Å². The number of aliphatic hydroxyl groups is 1. The lowest BCUT2D eigenvalue weighted by Gasteiger charge is -2.35. The minimum Gasteiger partial charge on any atom is -0.488 e. The monoisotopic (exact) mass is 697 g/mol. The maximum Gasteiger partial charge on any atom is 0.247 e. The fourth-order valence-electron chi connectivity index (χ4n) is 6.67. The van der Waals surface area contributed by atoms with Gasteiger partial charge in [-0.05, 0) is 73.2 Å². The minimum atomic E-state index is -3.88. The van der Waals surface area contributed by atoms with Crippen LogP contribution in [0.15, 0.2) is 71.9 Å². The van der Waals surface area contributed by atoms with E-state index in [4.69, 9.17) is 4.74 Å². The molecule has 1 aliphatic heterocycles. The van der Waals surface area contributed by atoms with Crippen LogP contribution in [0.2, 0.25) is 0 Å². The first-order valence-electron chi connectivity index (χ1n) is 16.8. The molecule has 6 rings (SSSR count). The van der Waals surface area contributed by atoms with Gasteiger partial charge >= 0.3 is 0 Å². The fourth-order valence-corrected chi connectivity index (χ4v) is 8.24. The largest absolute Gasteiger partial charge is 0.488 e. The first-order valence-corrected chi connectivity index (χ1v) is 18.2. The van der Waals surface area contributed by atoms with Crippen molar-refractivity contribution < 1.29 is 23.1 Å². The number of nitrogens with zero attached hydrogens (tertiary/aromatic N) is 6. The van der Waals surface area contributed by atoms with Gasteiger partial charge in [0.05, 0.1) is 35.6 Å². The number of benzene rings is 3. The van der Waals surface area contributed by atoms with Crippen LogP contribution >= 0.6 is 0 Å². The summed E-state index contributed by atoms with van der Waals surface area (Å²) in [6.07, 6.45) is 3.27. The van der Waals surface area contributed by atoms with Gasteiger partial charge in [0.25, 0.3) is 0 Å². The zero-order valence-corrected chi connectivity index (χ0v) is 30.0. The maximum atomic E-state index is 14.2. The molecule has 0 radical (unpaired) electrons. The average molecular weight is 698 g/mol. The van der Waals surface area contributed by atoms with Gasteiger partial charge in [-0.25, -0.2) is 23.1 Å². The molecule has 13 heteroatoms. The average Bonchev–Trinajstić information content (AvgIpc) is 3.50. The van der Waals surface area contributed by atoms with Crippen molar-refractivity contribution in [2.45, 2.75) is 84.6 Å². The Morgan fingerprint density at radius 2 is 1.82 bits per heavy atom. The molecule has 3 heterocycles. The number of rotatable bonds is 10. The van der Waals surface area contributed by atoms with Crippen molar-refractivity contribution in [1.29, 1.82) is 0 Å². The summed E-state index contributed by atoms with van der Waals surface area (Å²) in [7, 11) is -3.88. The van der Waals surface area contributed by atoms with Crippen LogP contribution in [0.3, 0.4) is 0 Å². The van der Waals surface area contributed by atoms with Gasteiger partial charge in [0.15, 0.2) is 5.82 Å². The van der Waals surface area contributed by atoms with Crippen molar-refractivity contribution in [2.75, 3.05) is 11.9 Å². The lowest BCUT2D eigenvalue weighted by Crippen LogP contribution is -2.38. The van der Waals surface area contributed by atoms with E-state index in [0.29, 0.717) is 24.4 Å². The lowest BCUT2D eigenvalue weighted by molar-refractivity contribution is -0.124. The van der Waals surface area contributed by atoms with Gasteiger partial charge in [0.1, 0.15) is 28.9 Å². The van der Waals surface area contributed by atoms with E-state index in [1.807, 2.05) is 76.6 Å². The molecule has 1 unspecified atom stereocenters. The molecular weight excluding hydrogens is 655 g/mol. The van der Waals surface area contributed by atoms with Crippen LogP contribution in [0.1, 0.15) is 73.7 Å². The van der Waals surface area contributed by atoms with E-state index >= 15 is 0 Å². The van der Waals surface area contributed by atoms with Crippen molar-refractivity contribution >= 4 is 32.7 Å². The number of aromatic nitrogens is 5. The molecule has 3 aromatic carbocycles. The molecule has 0 bridgehead atoms. The first-order chi connectivity index (χ1) is 23.9. The van der Waals surface area contributed by atoms with Crippen molar-refractivity contribution in [3.63, 3.8) is 0 Å². The number of carbonyl (C=O) groups excluding carboxylic acids is 1. The van der Waals surface area contributed by atoms with Crippen LogP contribution in [-0.4, -0.2) is 61.3 Å². The third kappa shape index (κ3) is 6.48. The van der Waals surface area contributed by atoms with Crippen molar-refractivity contribution in [3.05, 3.63) is 101 Å². The number of ether oxygens (including phenoxy) is 1. The highest BCUT2D eigenvalue weighted by Crippen LogP contribution is 2.45. The number of hydrogen-bond acceptors (Lipinski definition) is 9. The van der Waals surface area contributed by atoms with Crippen LogP contribution in [0.25, 0.3) is 11.0 Å². The Hall–Kier alpha value is -4.72. The van der Waals surface area contributed by atoms with E-state index in [1.54, 1.807) is 24.3 Å². The summed E-state index contributed by atoms with van der Waals surface area (Å²) in [5, 5.41) is 21.2. The highest BCUT2D eigenvalue weighted by atomic mass is 32.2. The Morgan fingerprint density at radius 1 is 1.08 bits per heavy atom. The minimum absolute atomic E-state index is 0.132. The third-order valence-corrected chi connectivity index (χ3v) is 11.5. The van der Waals surface area contributed by atoms with Gasteiger partial charge in [0.2, 0.25) is 15.9 Å². The maximum absolute atomic E-state index is 14.2.